The molecule has 0 spiro atoms. The molecular weight excluding hydrogens is 154 g/mol. The van der Waals surface area contributed by atoms with Crippen LogP contribution in [0.4, 0.5) is 5.95 Å². The van der Waals surface area contributed by atoms with Gasteiger partial charge >= 0.3 is 0 Å². The number of hydrogen-bond acceptors (Lipinski definition) is 4. The lowest BCUT2D eigenvalue weighted by Crippen LogP contribution is -1.93. The minimum Gasteiger partial charge on any atom is -0.508 e. The van der Waals surface area contributed by atoms with Crippen LogP contribution in [0.3, 0.4) is 0 Å². The molecule has 4 heteroatoms. The Bertz CT molecular complexity index is 391. The molecule has 2 aromatic rings. The van der Waals surface area contributed by atoms with Crippen molar-refractivity contribution >= 4 is 16.9 Å². The predicted octanol–water partition coefficient (Wildman–Crippen LogP) is 0.918. The summed E-state index contributed by atoms with van der Waals surface area (Å²) in [6.45, 7) is 0. The standard InChI is InChI=1S/C8H7N3O/c9-8-10-4-5-1-2-6(12)3-7(5)11-8/h1-4,12H,(H2,9,10,11). The first-order valence-corrected chi connectivity index (χ1v) is 3.47. The normalized spacial score (nSPS) is 10.3. The van der Waals surface area contributed by atoms with Crippen molar-refractivity contribution in [1.82, 2.24) is 9.97 Å². The molecule has 1 heterocycles. The molecule has 12 heavy (non-hydrogen) atoms. The van der Waals surface area contributed by atoms with Gasteiger partial charge in [0.25, 0.3) is 0 Å². The fourth-order valence-electron chi connectivity index (χ4n) is 1.03. The summed E-state index contributed by atoms with van der Waals surface area (Å²) in [6.07, 6.45) is 1.62. The lowest BCUT2D eigenvalue weighted by atomic mass is 10.2. The Morgan fingerprint density at radius 2 is 2.17 bits per heavy atom. The van der Waals surface area contributed by atoms with Gasteiger partial charge in [-0.2, -0.15) is 0 Å². The number of aromatic hydroxyl groups is 1. The Morgan fingerprint density at radius 1 is 1.33 bits per heavy atom. The van der Waals surface area contributed by atoms with E-state index in [9.17, 15) is 0 Å². The van der Waals surface area contributed by atoms with E-state index in [2.05, 4.69) is 9.97 Å². The van der Waals surface area contributed by atoms with E-state index in [1.54, 1.807) is 24.4 Å². The number of nitrogen functional groups attached to an aromatic ring is 1. The Hall–Kier alpha value is -1.84. The Morgan fingerprint density at radius 3 is 3.00 bits per heavy atom. The topological polar surface area (TPSA) is 72.0 Å². The van der Waals surface area contributed by atoms with Crippen molar-refractivity contribution in [2.24, 2.45) is 0 Å². The van der Waals surface area contributed by atoms with Gasteiger partial charge in [0.2, 0.25) is 5.95 Å². The maximum atomic E-state index is 9.12. The van der Waals surface area contributed by atoms with Crippen molar-refractivity contribution in [3.63, 3.8) is 0 Å². The summed E-state index contributed by atoms with van der Waals surface area (Å²) in [5.74, 6) is 0.397. The quantitative estimate of drug-likeness (QED) is 0.602. The number of anilines is 1. The van der Waals surface area contributed by atoms with Crippen LogP contribution in [0.15, 0.2) is 24.4 Å². The minimum atomic E-state index is 0.181. The number of nitrogens with zero attached hydrogens (tertiary/aromatic N) is 2. The number of aromatic nitrogens is 2. The van der Waals surface area contributed by atoms with Crippen LogP contribution in [-0.2, 0) is 0 Å². The van der Waals surface area contributed by atoms with Gasteiger partial charge in [-0.25, -0.2) is 9.97 Å². The van der Waals surface area contributed by atoms with Gasteiger partial charge in [-0.05, 0) is 12.1 Å². The van der Waals surface area contributed by atoms with Crippen molar-refractivity contribution < 1.29 is 5.11 Å². The number of fused-ring (bicyclic) bond motifs is 1. The van der Waals surface area contributed by atoms with Gasteiger partial charge in [-0.3, -0.25) is 0 Å². The molecule has 1 aromatic carbocycles. The molecule has 0 saturated heterocycles. The zero-order chi connectivity index (χ0) is 8.55. The van der Waals surface area contributed by atoms with Crippen LogP contribution >= 0.6 is 0 Å². The van der Waals surface area contributed by atoms with Gasteiger partial charge in [-0.15, -0.1) is 0 Å². The summed E-state index contributed by atoms with van der Waals surface area (Å²) >= 11 is 0. The predicted molar refractivity (Wildman–Crippen MR) is 45.6 cm³/mol. The number of nitrogens with two attached hydrogens (primary N) is 1. The van der Waals surface area contributed by atoms with E-state index in [4.69, 9.17) is 10.8 Å². The van der Waals surface area contributed by atoms with Crippen molar-refractivity contribution in [2.75, 3.05) is 5.73 Å². The second kappa shape index (κ2) is 2.34. The van der Waals surface area contributed by atoms with Gasteiger partial charge in [0.05, 0.1) is 5.52 Å². The Kier molecular flexibility index (Phi) is 1.33. The monoisotopic (exact) mass is 161 g/mol. The molecule has 3 N–H and O–H groups in total. The highest BCUT2D eigenvalue weighted by molar-refractivity contribution is 5.79. The van der Waals surface area contributed by atoms with E-state index in [0.29, 0.717) is 5.52 Å². The Balaban J connectivity index is 2.80. The van der Waals surface area contributed by atoms with Crippen LogP contribution in [0.5, 0.6) is 5.75 Å². The Labute approximate surface area is 68.7 Å². The summed E-state index contributed by atoms with van der Waals surface area (Å²) in [5.41, 5.74) is 6.03. The third kappa shape index (κ3) is 1.03. The molecule has 0 aliphatic heterocycles. The summed E-state index contributed by atoms with van der Waals surface area (Å²) < 4.78 is 0. The van der Waals surface area contributed by atoms with Crippen LogP contribution in [0.25, 0.3) is 10.9 Å². The van der Waals surface area contributed by atoms with E-state index >= 15 is 0 Å². The van der Waals surface area contributed by atoms with Crippen LogP contribution in [0, 0.1) is 0 Å². The lowest BCUT2D eigenvalue weighted by molar-refractivity contribution is 0.476. The van der Waals surface area contributed by atoms with E-state index in [0.717, 1.165) is 5.39 Å². The first-order valence-electron chi connectivity index (χ1n) is 3.47. The molecule has 4 nitrogen and oxygen atoms in total. The number of hydrogen-bond donors (Lipinski definition) is 2. The van der Waals surface area contributed by atoms with Gasteiger partial charge in [0.1, 0.15) is 5.75 Å². The highest BCUT2D eigenvalue weighted by Gasteiger charge is 1.96. The van der Waals surface area contributed by atoms with Crippen molar-refractivity contribution in [2.45, 2.75) is 0 Å². The molecule has 0 aliphatic rings. The van der Waals surface area contributed by atoms with Crippen LogP contribution < -0.4 is 5.73 Å². The molecule has 0 fully saturated rings. The average molecular weight is 161 g/mol. The molecule has 60 valence electrons. The summed E-state index contributed by atoms with van der Waals surface area (Å²) in [5, 5.41) is 9.98. The summed E-state index contributed by atoms with van der Waals surface area (Å²) in [4.78, 5) is 7.77. The SMILES string of the molecule is Nc1ncc2ccc(O)cc2n1. The molecule has 0 aliphatic carbocycles. The van der Waals surface area contributed by atoms with Gasteiger partial charge in [0.15, 0.2) is 0 Å². The number of phenols is 1. The molecule has 2 rings (SSSR count). The first-order chi connectivity index (χ1) is 5.75. The summed E-state index contributed by atoms with van der Waals surface area (Å²) in [6, 6.07) is 4.87. The van der Waals surface area contributed by atoms with Gasteiger partial charge in [-0.1, -0.05) is 0 Å². The van der Waals surface area contributed by atoms with Gasteiger partial charge < -0.3 is 10.8 Å². The third-order valence-corrected chi connectivity index (χ3v) is 1.58. The van der Waals surface area contributed by atoms with Gasteiger partial charge in [0, 0.05) is 17.6 Å². The molecule has 0 radical (unpaired) electrons. The van der Waals surface area contributed by atoms with Crippen LogP contribution in [-0.4, -0.2) is 15.1 Å². The van der Waals surface area contributed by atoms with E-state index < -0.39 is 0 Å². The largest absolute Gasteiger partial charge is 0.508 e. The maximum absolute atomic E-state index is 9.12. The molecule has 1 aromatic heterocycles. The van der Waals surface area contributed by atoms with Crippen LogP contribution in [0.2, 0.25) is 0 Å². The highest BCUT2D eigenvalue weighted by Crippen LogP contribution is 2.17. The van der Waals surface area contributed by atoms with Crippen molar-refractivity contribution in [3.05, 3.63) is 24.4 Å². The second-order valence-corrected chi connectivity index (χ2v) is 2.47. The molecule has 0 bridgehead atoms. The third-order valence-electron chi connectivity index (χ3n) is 1.58. The fourth-order valence-corrected chi connectivity index (χ4v) is 1.03. The molecule has 0 amide bonds. The number of phenolic OH excluding ortho intramolecular Hbond substituents is 1. The fraction of sp³-hybridized carbons (Fsp3) is 0. The lowest BCUT2D eigenvalue weighted by Gasteiger charge is -1.97. The van der Waals surface area contributed by atoms with E-state index in [1.807, 2.05) is 0 Å². The van der Waals surface area contributed by atoms with E-state index in [1.165, 1.54) is 0 Å². The van der Waals surface area contributed by atoms with Crippen molar-refractivity contribution in [3.8, 4) is 5.75 Å². The average Bonchev–Trinajstić information content (AvgIpc) is 2.03. The zero-order valence-electron chi connectivity index (χ0n) is 6.23. The molecule has 0 unspecified atom stereocenters. The summed E-state index contributed by atoms with van der Waals surface area (Å²) in [7, 11) is 0. The smallest absolute Gasteiger partial charge is 0.220 e. The molecule has 0 atom stereocenters. The maximum Gasteiger partial charge on any atom is 0.220 e. The molecule has 0 saturated carbocycles. The minimum absolute atomic E-state index is 0.181. The molecular formula is C8H7N3O. The van der Waals surface area contributed by atoms with Crippen LogP contribution in [0.1, 0.15) is 0 Å². The number of rotatable bonds is 0. The zero-order valence-corrected chi connectivity index (χ0v) is 6.23. The van der Waals surface area contributed by atoms with Crippen molar-refractivity contribution in [1.29, 1.82) is 0 Å². The van der Waals surface area contributed by atoms with E-state index in [-0.39, 0.29) is 11.7 Å². The second-order valence-electron chi connectivity index (χ2n) is 2.47. The first kappa shape index (κ1) is 6.84. The highest BCUT2D eigenvalue weighted by atomic mass is 16.3. The number of benzene rings is 1.